The molecule has 4 heteroatoms. The van der Waals surface area contributed by atoms with Crippen molar-refractivity contribution in [1.82, 2.24) is 0 Å². The van der Waals surface area contributed by atoms with Crippen molar-refractivity contribution in [3.05, 3.63) is 0 Å². The molecule has 0 amide bonds. The van der Waals surface area contributed by atoms with E-state index in [1.54, 1.807) is 0 Å². The average molecular weight is 293 g/mol. The highest BCUT2D eigenvalue weighted by Crippen LogP contribution is 2.31. The van der Waals surface area contributed by atoms with Gasteiger partial charge in [-0.1, -0.05) is 29.8 Å². The number of methoxy groups -OCH3 is 1. The molecule has 0 bridgehead atoms. The molecular weight excluding hydrogens is 272 g/mol. The summed E-state index contributed by atoms with van der Waals surface area (Å²) >= 11 is 3.26. The molecule has 0 aromatic carbocycles. The Morgan fingerprint density at radius 1 is 1.38 bits per heavy atom. The Balaban J connectivity index is 2.25. The molecule has 4 atom stereocenters. The zero-order valence-corrected chi connectivity index (χ0v) is 11.8. The van der Waals surface area contributed by atoms with Gasteiger partial charge in [-0.25, -0.2) is 0 Å². The van der Waals surface area contributed by atoms with E-state index in [4.69, 9.17) is 4.74 Å². The van der Waals surface area contributed by atoms with Crippen LogP contribution in [0.1, 0.15) is 33.1 Å². The molecule has 0 aromatic heterocycles. The van der Waals surface area contributed by atoms with E-state index < -0.39 is 0 Å². The molecule has 16 heavy (non-hydrogen) atoms. The molecule has 1 rings (SSSR count). The lowest BCUT2D eigenvalue weighted by atomic mass is 9.80. The number of carbonyl (C=O) groups excluding carboxylic acids is 1. The van der Waals surface area contributed by atoms with Crippen molar-refractivity contribution < 1.29 is 14.3 Å². The van der Waals surface area contributed by atoms with E-state index in [1.165, 1.54) is 13.5 Å². The smallest absolute Gasteiger partial charge is 0.321 e. The van der Waals surface area contributed by atoms with Gasteiger partial charge in [-0.3, -0.25) is 4.79 Å². The van der Waals surface area contributed by atoms with Crippen LogP contribution >= 0.6 is 15.9 Å². The Labute approximate surface area is 106 Å². The first-order valence-electron chi connectivity index (χ1n) is 5.88. The molecule has 1 fully saturated rings. The first kappa shape index (κ1) is 14.0. The molecule has 1 aliphatic carbocycles. The van der Waals surface area contributed by atoms with E-state index in [1.807, 2.05) is 0 Å². The minimum Gasteiger partial charge on any atom is -0.468 e. The molecule has 0 saturated heterocycles. The fraction of sp³-hybridized carbons (Fsp3) is 0.917. The maximum atomic E-state index is 11.2. The lowest BCUT2D eigenvalue weighted by Gasteiger charge is -2.32. The molecule has 0 spiro atoms. The molecular formula is C12H21BrO3. The third-order valence-electron chi connectivity index (χ3n) is 3.49. The second kappa shape index (κ2) is 6.60. The number of hydrogen-bond acceptors (Lipinski definition) is 3. The highest BCUT2D eigenvalue weighted by Gasteiger charge is 2.26. The summed E-state index contributed by atoms with van der Waals surface area (Å²) < 4.78 is 10.4. The predicted molar refractivity (Wildman–Crippen MR) is 66.7 cm³/mol. The van der Waals surface area contributed by atoms with E-state index in [2.05, 4.69) is 34.5 Å². The molecule has 0 heterocycles. The van der Waals surface area contributed by atoms with Crippen molar-refractivity contribution in [3.8, 4) is 0 Å². The van der Waals surface area contributed by atoms with Crippen LogP contribution in [0.2, 0.25) is 0 Å². The summed E-state index contributed by atoms with van der Waals surface area (Å²) in [6.45, 7) is 4.97. The minimum absolute atomic E-state index is 0.266. The van der Waals surface area contributed by atoms with Gasteiger partial charge in [0.2, 0.25) is 0 Å². The molecule has 0 aliphatic heterocycles. The highest BCUT2D eigenvalue weighted by molar-refractivity contribution is 9.10. The van der Waals surface area contributed by atoms with Gasteiger partial charge in [0.05, 0.1) is 19.8 Å². The van der Waals surface area contributed by atoms with Gasteiger partial charge >= 0.3 is 5.97 Å². The maximum Gasteiger partial charge on any atom is 0.321 e. The molecule has 3 nitrogen and oxygen atoms in total. The average Bonchev–Trinajstić information content (AvgIpc) is 2.29. The van der Waals surface area contributed by atoms with Gasteiger partial charge in [0.15, 0.2) is 0 Å². The lowest BCUT2D eigenvalue weighted by molar-refractivity contribution is -0.141. The molecule has 0 aromatic rings. The predicted octanol–water partition coefficient (Wildman–Crippen LogP) is 2.76. The Morgan fingerprint density at radius 2 is 2.06 bits per heavy atom. The number of rotatable bonds is 4. The van der Waals surface area contributed by atoms with Crippen LogP contribution in [0.3, 0.4) is 0 Å². The normalized spacial score (nSPS) is 32.1. The Morgan fingerprint density at radius 3 is 2.62 bits per heavy atom. The van der Waals surface area contributed by atoms with Crippen molar-refractivity contribution in [1.29, 1.82) is 0 Å². The van der Waals surface area contributed by atoms with Gasteiger partial charge in [-0.05, 0) is 31.1 Å². The van der Waals surface area contributed by atoms with Crippen LogP contribution in [-0.2, 0) is 14.3 Å². The topological polar surface area (TPSA) is 35.5 Å². The van der Waals surface area contributed by atoms with Crippen LogP contribution in [0.5, 0.6) is 0 Å². The van der Waals surface area contributed by atoms with Crippen molar-refractivity contribution in [2.75, 3.05) is 13.7 Å². The first-order chi connectivity index (χ1) is 7.54. The number of carbonyl (C=O) groups is 1. The van der Waals surface area contributed by atoms with Crippen LogP contribution in [0, 0.1) is 11.8 Å². The minimum atomic E-state index is -0.341. The lowest BCUT2D eigenvalue weighted by Crippen LogP contribution is -2.30. The molecule has 1 aliphatic rings. The molecule has 4 unspecified atom stereocenters. The van der Waals surface area contributed by atoms with Gasteiger partial charge in [-0.2, -0.15) is 0 Å². The van der Waals surface area contributed by atoms with E-state index >= 15 is 0 Å². The summed E-state index contributed by atoms with van der Waals surface area (Å²) in [5.74, 6) is 1.24. The second-order valence-electron chi connectivity index (χ2n) is 4.71. The Kier molecular flexibility index (Phi) is 5.76. The fourth-order valence-corrected chi connectivity index (χ4v) is 2.41. The van der Waals surface area contributed by atoms with Gasteiger partial charge in [0, 0.05) is 0 Å². The standard InChI is InChI=1S/C12H21BrO3/c1-8-4-5-10(6-9(8)2)16-7-11(13)12(14)15-3/h8-11H,4-7H2,1-3H3. The van der Waals surface area contributed by atoms with Crippen LogP contribution < -0.4 is 0 Å². The van der Waals surface area contributed by atoms with E-state index in [0.717, 1.165) is 18.8 Å². The summed E-state index contributed by atoms with van der Waals surface area (Å²) in [6.07, 6.45) is 3.72. The summed E-state index contributed by atoms with van der Waals surface area (Å²) in [7, 11) is 1.39. The molecule has 94 valence electrons. The zero-order valence-electron chi connectivity index (χ0n) is 10.2. The zero-order chi connectivity index (χ0) is 12.1. The number of hydrogen-bond donors (Lipinski definition) is 0. The van der Waals surface area contributed by atoms with Crippen LogP contribution in [0.15, 0.2) is 0 Å². The molecule has 0 N–H and O–H groups in total. The van der Waals surface area contributed by atoms with Gasteiger partial charge in [-0.15, -0.1) is 0 Å². The maximum absolute atomic E-state index is 11.2. The number of halogens is 1. The number of esters is 1. The fourth-order valence-electron chi connectivity index (χ4n) is 2.07. The number of alkyl halides is 1. The van der Waals surface area contributed by atoms with Crippen molar-refractivity contribution >= 4 is 21.9 Å². The Bertz CT molecular complexity index is 232. The summed E-state index contributed by atoms with van der Waals surface area (Å²) in [6, 6.07) is 0. The van der Waals surface area contributed by atoms with Gasteiger partial charge in [0.1, 0.15) is 4.83 Å². The van der Waals surface area contributed by atoms with Crippen molar-refractivity contribution in [2.45, 2.75) is 44.0 Å². The van der Waals surface area contributed by atoms with Crippen LogP contribution in [-0.4, -0.2) is 30.6 Å². The van der Waals surface area contributed by atoms with Crippen LogP contribution in [0.25, 0.3) is 0 Å². The summed E-state index contributed by atoms with van der Waals surface area (Å²) in [5, 5.41) is 0. The van der Waals surface area contributed by atoms with E-state index in [-0.39, 0.29) is 10.8 Å². The Hall–Kier alpha value is -0.0900. The van der Waals surface area contributed by atoms with Gasteiger partial charge in [0.25, 0.3) is 0 Å². The second-order valence-corrected chi connectivity index (χ2v) is 5.82. The molecule has 1 saturated carbocycles. The quantitative estimate of drug-likeness (QED) is 0.590. The highest BCUT2D eigenvalue weighted by atomic mass is 79.9. The first-order valence-corrected chi connectivity index (χ1v) is 6.79. The van der Waals surface area contributed by atoms with E-state index in [0.29, 0.717) is 18.6 Å². The summed E-state index contributed by atoms with van der Waals surface area (Å²) in [4.78, 5) is 10.8. The molecule has 0 radical (unpaired) electrons. The number of ether oxygens (including phenoxy) is 2. The SMILES string of the molecule is COC(=O)C(Br)COC1CCC(C)C(C)C1. The van der Waals surface area contributed by atoms with E-state index in [9.17, 15) is 4.79 Å². The monoisotopic (exact) mass is 292 g/mol. The largest absolute Gasteiger partial charge is 0.468 e. The summed E-state index contributed by atoms with van der Waals surface area (Å²) in [5.41, 5.74) is 0. The van der Waals surface area contributed by atoms with Crippen LogP contribution in [0.4, 0.5) is 0 Å². The van der Waals surface area contributed by atoms with Crippen molar-refractivity contribution in [2.24, 2.45) is 11.8 Å². The third kappa shape index (κ3) is 4.06. The van der Waals surface area contributed by atoms with Gasteiger partial charge < -0.3 is 9.47 Å². The third-order valence-corrected chi connectivity index (χ3v) is 4.12. The van der Waals surface area contributed by atoms with Crippen molar-refractivity contribution in [3.63, 3.8) is 0 Å².